The molecule has 0 aromatic heterocycles. The molecule has 1 aliphatic carbocycles. The van der Waals surface area contributed by atoms with Crippen molar-refractivity contribution < 1.29 is 9.59 Å². The van der Waals surface area contributed by atoms with Crippen molar-refractivity contribution in [1.82, 2.24) is 0 Å². The molecule has 0 amide bonds. The highest BCUT2D eigenvalue weighted by Gasteiger charge is 2.34. The van der Waals surface area contributed by atoms with Crippen LogP contribution >= 0.6 is 0 Å². The van der Waals surface area contributed by atoms with E-state index in [4.69, 9.17) is 0 Å². The van der Waals surface area contributed by atoms with E-state index in [9.17, 15) is 9.59 Å². The number of carbonyl (C=O) groups is 2. The molecule has 0 saturated heterocycles. The van der Waals surface area contributed by atoms with Crippen LogP contribution in [0.3, 0.4) is 0 Å². The van der Waals surface area contributed by atoms with E-state index in [1.165, 1.54) is 6.08 Å². The quantitative estimate of drug-likeness (QED) is 0.470. The molecule has 0 atom stereocenters. The zero-order chi connectivity index (χ0) is 7.78. The van der Waals surface area contributed by atoms with Crippen LogP contribution in [0.2, 0.25) is 0 Å². The molecule has 0 spiro atoms. The van der Waals surface area contributed by atoms with Gasteiger partial charge in [-0.05, 0) is 19.9 Å². The maximum atomic E-state index is 11.1. The second-order valence-corrected chi connectivity index (χ2v) is 3.02. The third-order valence-corrected chi connectivity index (χ3v) is 1.89. The van der Waals surface area contributed by atoms with Crippen molar-refractivity contribution in [3.05, 3.63) is 12.2 Å². The van der Waals surface area contributed by atoms with Gasteiger partial charge in [-0.15, -0.1) is 0 Å². The van der Waals surface area contributed by atoms with Crippen LogP contribution < -0.4 is 0 Å². The van der Waals surface area contributed by atoms with Gasteiger partial charge in [0, 0.05) is 6.42 Å². The van der Waals surface area contributed by atoms with Crippen LogP contribution in [-0.2, 0) is 9.59 Å². The van der Waals surface area contributed by atoms with Crippen LogP contribution in [0.5, 0.6) is 0 Å². The first-order chi connectivity index (χ1) is 4.55. The van der Waals surface area contributed by atoms with Crippen molar-refractivity contribution in [2.24, 2.45) is 5.41 Å². The summed E-state index contributed by atoms with van der Waals surface area (Å²) in [6.45, 7) is 3.34. The van der Waals surface area contributed by atoms with Gasteiger partial charge in [0.05, 0.1) is 5.41 Å². The Bertz CT molecular complexity index is 211. The Hall–Kier alpha value is -0.920. The molecule has 2 nitrogen and oxygen atoms in total. The summed E-state index contributed by atoms with van der Waals surface area (Å²) in [5.74, 6) is -0.0660. The molecule has 0 bridgehead atoms. The lowest BCUT2D eigenvalue weighted by atomic mass is 9.79. The topological polar surface area (TPSA) is 34.1 Å². The van der Waals surface area contributed by atoms with E-state index in [1.807, 2.05) is 0 Å². The lowest BCUT2D eigenvalue weighted by Crippen LogP contribution is -2.34. The van der Waals surface area contributed by atoms with Gasteiger partial charge in [0.1, 0.15) is 5.78 Å². The maximum absolute atomic E-state index is 11.1. The first-order valence-corrected chi connectivity index (χ1v) is 3.29. The largest absolute Gasteiger partial charge is 0.298 e. The van der Waals surface area contributed by atoms with E-state index in [0.717, 1.165) is 0 Å². The summed E-state index contributed by atoms with van der Waals surface area (Å²) in [6.07, 6.45) is 3.51. The van der Waals surface area contributed by atoms with Crippen molar-refractivity contribution in [3.63, 3.8) is 0 Å². The van der Waals surface area contributed by atoms with Crippen LogP contribution in [-0.4, -0.2) is 11.6 Å². The van der Waals surface area contributed by atoms with Gasteiger partial charge in [-0.25, -0.2) is 0 Å². The minimum atomic E-state index is -0.769. The number of hydrogen-bond donors (Lipinski definition) is 0. The van der Waals surface area contributed by atoms with E-state index in [0.29, 0.717) is 6.42 Å². The van der Waals surface area contributed by atoms with Crippen molar-refractivity contribution in [2.75, 3.05) is 0 Å². The highest BCUT2D eigenvalue weighted by Crippen LogP contribution is 2.24. The fourth-order valence-electron chi connectivity index (χ4n) is 0.874. The number of allylic oxidation sites excluding steroid dienone is 2. The molecular weight excluding hydrogens is 128 g/mol. The molecule has 0 radical (unpaired) electrons. The SMILES string of the molecule is CC1(C)C(=O)C=CCC1=O. The molecule has 0 saturated carbocycles. The smallest absolute Gasteiger partial charge is 0.168 e. The molecule has 54 valence electrons. The van der Waals surface area contributed by atoms with E-state index >= 15 is 0 Å². The van der Waals surface area contributed by atoms with Gasteiger partial charge in [-0.3, -0.25) is 9.59 Å². The summed E-state index contributed by atoms with van der Waals surface area (Å²) in [5, 5.41) is 0. The molecule has 0 heterocycles. The second-order valence-electron chi connectivity index (χ2n) is 3.02. The standard InChI is InChI=1S/C8H10O2/c1-8(2)6(9)4-3-5-7(8)10/h3-4H,5H2,1-2H3. The van der Waals surface area contributed by atoms with Gasteiger partial charge < -0.3 is 0 Å². The summed E-state index contributed by atoms with van der Waals surface area (Å²) in [6, 6.07) is 0. The summed E-state index contributed by atoms with van der Waals surface area (Å²) in [5.41, 5.74) is -0.769. The van der Waals surface area contributed by atoms with Crippen LogP contribution in [0, 0.1) is 5.41 Å². The zero-order valence-electron chi connectivity index (χ0n) is 6.18. The average Bonchev–Trinajstić information content (AvgIpc) is 1.84. The molecule has 0 aromatic carbocycles. The molecular formula is C8H10O2. The Kier molecular flexibility index (Phi) is 1.47. The lowest BCUT2D eigenvalue weighted by molar-refractivity contribution is -0.136. The third-order valence-electron chi connectivity index (χ3n) is 1.89. The van der Waals surface area contributed by atoms with Gasteiger partial charge in [0.15, 0.2) is 5.78 Å². The van der Waals surface area contributed by atoms with E-state index in [-0.39, 0.29) is 11.6 Å². The summed E-state index contributed by atoms with van der Waals surface area (Å²) in [7, 11) is 0. The Morgan fingerprint density at radius 2 is 2.00 bits per heavy atom. The summed E-state index contributed by atoms with van der Waals surface area (Å²) >= 11 is 0. The second kappa shape index (κ2) is 2.04. The number of Topliss-reactive ketones (excluding diaryl/α,β-unsaturated/α-hetero) is 1. The highest BCUT2D eigenvalue weighted by molar-refractivity contribution is 6.13. The Morgan fingerprint density at radius 1 is 1.40 bits per heavy atom. The fraction of sp³-hybridized carbons (Fsp3) is 0.500. The fourth-order valence-corrected chi connectivity index (χ4v) is 0.874. The summed E-state index contributed by atoms with van der Waals surface area (Å²) in [4.78, 5) is 22.1. The van der Waals surface area contributed by atoms with Crippen molar-refractivity contribution in [2.45, 2.75) is 20.3 Å². The van der Waals surface area contributed by atoms with Gasteiger partial charge >= 0.3 is 0 Å². The van der Waals surface area contributed by atoms with Crippen LogP contribution in [0.25, 0.3) is 0 Å². The number of hydrogen-bond acceptors (Lipinski definition) is 2. The molecule has 10 heavy (non-hydrogen) atoms. The molecule has 0 fully saturated rings. The van der Waals surface area contributed by atoms with Crippen LogP contribution in [0.15, 0.2) is 12.2 Å². The molecule has 0 aliphatic heterocycles. The van der Waals surface area contributed by atoms with Crippen molar-refractivity contribution in [3.8, 4) is 0 Å². The van der Waals surface area contributed by atoms with E-state index in [2.05, 4.69) is 0 Å². The normalized spacial score (nSPS) is 23.4. The molecule has 1 rings (SSSR count). The predicted molar refractivity (Wildman–Crippen MR) is 37.6 cm³/mol. The molecule has 0 aromatic rings. The maximum Gasteiger partial charge on any atom is 0.168 e. The average molecular weight is 138 g/mol. The third kappa shape index (κ3) is 0.897. The minimum Gasteiger partial charge on any atom is -0.298 e. The first-order valence-electron chi connectivity index (χ1n) is 3.29. The monoisotopic (exact) mass is 138 g/mol. The van der Waals surface area contributed by atoms with Gasteiger partial charge in [-0.2, -0.15) is 0 Å². The Labute approximate surface area is 59.9 Å². The minimum absolute atomic E-state index is 0.0139. The Balaban J connectivity index is 3.00. The Morgan fingerprint density at radius 3 is 2.40 bits per heavy atom. The van der Waals surface area contributed by atoms with Crippen molar-refractivity contribution >= 4 is 11.6 Å². The number of rotatable bonds is 0. The molecule has 1 aliphatic rings. The van der Waals surface area contributed by atoms with Gasteiger partial charge in [0.25, 0.3) is 0 Å². The number of carbonyl (C=O) groups excluding carboxylic acids is 2. The van der Waals surface area contributed by atoms with E-state index in [1.54, 1.807) is 19.9 Å². The summed E-state index contributed by atoms with van der Waals surface area (Å²) < 4.78 is 0. The molecule has 0 unspecified atom stereocenters. The zero-order valence-corrected chi connectivity index (χ0v) is 6.18. The number of ketones is 2. The van der Waals surface area contributed by atoms with Gasteiger partial charge in [0.2, 0.25) is 0 Å². The highest BCUT2D eigenvalue weighted by atomic mass is 16.2. The lowest BCUT2D eigenvalue weighted by Gasteiger charge is -2.21. The van der Waals surface area contributed by atoms with Crippen molar-refractivity contribution in [1.29, 1.82) is 0 Å². The van der Waals surface area contributed by atoms with Crippen LogP contribution in [0.1, 0.15) is 20.3 Å². The van der Waals surface area contributed by atoms with Crippen LogP contribution in [0.4, 0.5) is 0 Å². The molecule has 0 N–H and O–H groups in total. The predicted octanol–water partition coefficient (Wildman–Crippen LogP) is 1.11. The first kappa shape index (κ1) is 7.19. The van der Waals surface area contributed by atoms with Gasteiger partial charge in [-0.1, -0.05) is 6.08 Å². The molecule has 2 heteroatoms. The van der Waals surface area contributed by atoms with E-state index < -0.39 is 5.41 Å².